The summed E-state index contributed by atoms with van der Waals surface area (Å²) in [5.74, 6) is 0.653. The van der Waals surface area contributed by atoms with Crippen LogP contribution in [-0.2, 0) is 4.79 Å². The van der Waals surface area contributed by atoms with E-state index >= 15 is 0 Å². The lowest BCUT2D eigenvalue weighted by atomic mass is 10.1. The van der Waals surface area contributed by atoms with Crippen molar-refractivity contribution in [3.05, 3.63) is 82.2 Å². The van der Waals surface area contributed by atoms with E-state index in [4.69, 9.17) is 0 Å². The number of nitrogens with one attached hydrogen (secondary N) is 1. The van der Waals surface area contributed by atoms with Gasteiger partial charge in [-0.05, 0) is 76.1 Å². The summed E-state index contributed by atoms with van der Waals surface area (Å²) in [5.41, 5.74) is 10.8. The number of rotatable bonds is 7. The van der Waals surface area contributed by atoms with Crippen molar-refractivity contribution in [1.29, 1.82) is 0 Å². The Labute approximate surface area is 183 Å². The fraction of sp³-hybridized carbons (Fsp3) is 0.280. The number of carbonyl (C=O) groups excluding carboxylic acids is 1. The first-order chi connectivity index (χ1) is 14.3. The summed E-state index contributed by atoms with van der Waals surface area (Å²) in [6.07, 6.45) is 2.16. The fourth-order valence-corrected chi connectivity index (χ4v) is 4.37. The molecule has 0 aliphatic heterocycles. The van der Waals surface area contributed by atoms with Crippen LogP contribution in [0.1, 0.15) is 40.1 Å². The highest BCUT2D eigenvalue weighted by molar-refractivity contribution is 7.99. The van der Waals surface area contributed by atoms with Crippen LogP contribution in [0, 0.1) is 34.6 Å². The van der Waals surface area contributed by atoms with E-state index in [0.29, 0.717) is 6.42 Å². The number of aryl methyl sites for hydroxylation is 4. The van der Waals surface area contributed by atoms with E-state index in [2.05, 4.69) is 98.2 Å². The lowest BCUT2D eigenvalue weighted by Crippen LogP contribution is -2.17. The molecule has 4 nitrogen and oxygen atoms in total. The molecule has 0 fully saturated rings. The van der Waals surface area contributed by atoms with E-state index in [1.807, 2.05) is 0 Å². The van der Waals surface area contributed by atoms with Crippen LogP contribution in [0.4, 0.5) is 0 Å². The van der Waals surface area contributed by atoms with Crippen molar-refractivity contribution in [2.24, 2.45) is 5.10 Å². The molecule has 0 aliphatic carbocycles. The van der Waals surface area contributed by atoms with Crippen LogP contribution in [0.2, 0.25) is 0 Å². The van der Waals surface area contributed by atoms with Crippen molar-refractivity contribution in [2.75, 3.05) is 5.75 Å². The number of nitrogens with zero attached hydrogens (tertiary/aromatic N) is 2. The van der Waals surface area contributed by atoms with Gasteiger partial charge in [-0.1, -0.05) is 23.8 Å². The lowest BCUT2D eigenvalue weighted by molar-refractivity contribution is -0.120. The van der Waals surface area contributed by atoms with E-state index in [0.717, 1.165) is 28.4 Å². The molecule has 0 aliphatic rings. The topological polar surface area (TPSA) is 46.4 Å². The average Bonchev–Trinajstić information content (AvgIpc) is 2.96. The minimum atomic E-state index is -0.0750. The van der Waals surface area contributed by atoms with Crippen LogP contribution in [-0.4, -0.2) is 22.4 Å². The van der Waals surface area contributed by atoms with Gasteiger partial charge >= 0.3 is 0 Å². The Bertz CT molecular complexity index is 1040. The second kappa shape index (κ2) is 9.81. The van der Waals surface area contributed by atoms with Crippen LogP contribution in [0.25, 0.3) is 5.69 Å². The largest absolute Gasteiger partial charge is 0.318 e. The van der Waals surface area contributed by atoms with Gasteiger partial charge in [-0.25, -0.2) is 5.43 Å². The van der Waals surface area contributed by atoms with Gasteiger partial charge < -0.3 is 4.57 Å². The van der Waals surface area contributed by atoms with Crippen LogP contribution >= 0.6 is 11.8 Å². The van der Waals surface area contributed by atoms with E-state index in [-0.39, 0.29) is 5.91 Å². The Hall–Kier alpha value is -2.79. The molecule has 0 bridgehead atoms. The summed E-state index contributed by atoms with van der Waals surface area (Å²) in [5, 5.41) is 4.18. The molecule has 30 heavy (non-hydrogen) atoms. The summed E-state index contributed by atoms with van der Waals surface area (Å²) in [7, 11) is 0. The third kappa shape index (κ3) is 5.63. The maximum absolute atomic E-state index is 12.1. The monoisotopic (exact) mass is 419 g/mol. The maximum atomic E-state index is 12.1. The Morgan fingerprint density at radius 1 is 0.967 bits per heavy atom. The molecule has 0 saturated carbocycles. The molecule has 3 aromatic rings. The van der Waals surface area contributed by atoms with Crippen molar-refractivity contribution in [2.45, 2.75) is 45.9 Å². The van der Waals surface area contributed by atoms with Gasteiger partial charge in [0.25, 0.3) is 0 Å². The zero-order valence-electron chi connectivity index (χ0n) is 18.3. The molecule has 156 valence electrons. The molecule has 0 saturated heterocycles. The average molecular weight is 420 g/mol. The van der Waals surface area contributed by atoms with Crippen LogP contribution in [0.5, 0.6) is 0 Å². The Balaban J connectivity index is 1.58. The highest BCUT2D eigenvalue weighted by Gasteiger charge is 2.10. The smallest absolute Gasteiger partial charge is 0.240 e. The third-order valence-corrected chi connectivity index (χ3v) is 5.96. The summed E-state index contributed by atoms with van der Waals surface area (Å²) in [6.45, 7) is 10.5. The number of carbonyl (C=O) groups is 1. The summed E-state index contributed by atoms with van der Waals surface area (Å²) < 4.78 is 2.22. The number of hydrogen-bond donors (Lipinski definition) is 1. The molecule has 0 atom stereocenters. The number of aromatic nitrogens is 1. The van der Waals surface area contributed by atoms with E-state index in [1.54, 1.807) is 18.0 Å². The lowest BCUT2D eigenvalue weighted by Gasteiger charge is -2.11. The van der Waals surface area contributed by atoms with Crippen LogP contribution in [0.15, 0.2) is 58.5 Å². The minimum absolute atomic E-state index is 0.0750. The first-order valence-electron chi connectivity index (χ1n) is 10.1. The van der Waals surface area contributed by atoms with Crippen molar-refractivity contribution >= 4 is 23.9 Å². The van der Waals surface area contributed by atoms with Gasteiger partial charge in [-0.15, -0.1) is 11.8 Å². The molecule has 2 aromatic carbocycles. The van der Waals surface area contributed by atoms with Crippen molar-refractivity contribution in [1.82, 2.24) is 9.99 Å². The van der Waals surface area contributed by atoms with Crippen LogP contribution < -0.4 is 5.43 Å². The van der Waals surface area contributed by atoms with E-state index in [9.17, 15) is 4.79 Å². The molecule has 0 unspecified atom stereocenters. The van der Waals surface area contributed by atoms with E-state index in [1.165, 1.54) is 21.6 Å². The number of thioether (sulfide) groups is 1. The molecular formula is C25H29N3OS. The van der Waals surface area contributed by atoms with Gasteiger partial charge in [0.2, 0.25) is 5.91 Å². The minimum Gasteiger partial charge on any atom is -0.318 e. The maximum Gasteiger partial charge on any atom is 0.240 e. The highest BCUT2D eigenvalue weighted by Crippen LogP contribution is 2.22. The number of amides is 1. The third-order valence-electron chi connectivity index (χ3n) is 4.95. The molecule has 1 N–H and O–H groups in total. The van der Waals surface area contributed by atoms with Crippen molar-refractivity contribution in [3.8, 4) is 5.69 Å². The molecule has 1 heterocycles. The second-order valence-corrected chi connectivity index (χ2v) is 8.88. The molecule has 1 amide bonds. The van der Waals surface area contributed by atoms with Gasteiger partial charge in [0.1, 0.15) is 0 Å². The predicted molar refractivity (Wildman–Crippen MR) is 127 cm³/mol. The number of hydrazone groups is 1. The fourth-order valence-electron chi connectivity index (χ4n) is 3.52. The summed E-state index contributed by atoms with van der Waals surface area (Å²) >= 11 is 1.68. The first-order valence-corrected chi connectivity index (χ1v) is 11.1. The summed E-state index contributed by atoms with van der Waals surface area (Å²) in [4.78, 5) is 13.3. The second-order valence-electron chi connectivity index (χ2n) is 7.71. The van der Waals surface area contributed by atoms with Gasteiger partial charge in [0.05, 0.1) is 6.21 Å². The Morgan fingerprint density at radius 2 is 1.63 bits per heavy atom. The van der Waals surface area contributed by atoms with Gasteiger partial charge in [-0.3, -0.25) is 4.79 Å². The number of hydrogen-bond acceptors (Lipinski definition) is 3. The first kappa shape index (κ1) is 21.9. The van der Waals surface area contributed by atoms with E-state index < -0.39 is 0 Å². The molecule has 3 rings (SSSR count). The Kier molecular flexibility index (Phi) is 7.16. The normalized spacial score (nSPS) is 11.2. The molecule has 0 spiro atoms. The zero-order chi connectivity index (χ0) is 21.7. The van der Waals surface area contributed by atoms with Crippen molar-refractivity contribution < 1.29 is 4.79 Å². The zero-order valence-corrected chi connectivity index (χ0v) is 19.1. The Morgan fingerprint density at radius 3 is 2.30 bits per heavy atom. The number of benzene rings is 2. The molecule has 5 heteroatoms. The molecular weight excluding hydrogens is 390 g/mol. The highest BCUT2D eigenvalue weighted by atomic mass is 32.2. The standard InChI is InChI=1S/C25H29N3OS/c1-17-6-8-24(9-7-17)30-11-10-25(29)27-26-16-22-15-20(4)28(21(22)5)23-13-18(2)12-19(3)14-23/h6-9,12-16H,10-11H2,1-5H3,(H,27,29)/b26-16-. The summed E-state index contributed by atoms with van der Waals surface area (Å²) in [6, 6.07) is 17.0. The predicted octanol–water partition coefficient (Wildman–Crippen LogP) is 5.65. The van der Waals surface area contributed by atoms with Gasteiger partial charge in [0.15, 0.2) is 0 Å². The van der Waals surface area contributed by atoms with Crippen molar-refractivity contribution in [3.63, 3.8) is 0 Å². The van der Waals surface area contributed by atoms with Crippen LogP contribution in [0.3, 0.4) is 0 Å². The quantitative estimate of drug-likeness (QED) is 0.305. The van der Waals surface area contributed by atoms with Gasteiger partial charge in [0, 0.05) is 39.7 Å². The van der Waals surface area contributed by atoms with Gasteiger partial charge in [-0.2, -0.15) is 5.10 Å². The SMILES string of the molecule is Cc1ccc(SCCC(=O)N/N=C\c2cc(C)n(-c3cc(C)cc(C)c3)c2C)cc1. The molecule has 1 aromatic heterocycles. The molecule has 0 radical (unpaired) electrons.